The molecule has 0 fully saturated rings. The van der Waals surface area contributed by atoms with Crippen molar-refractivity contribution in [2.75, 3.05) is 26.6 Å². The fraction of sp³-hybridized carbons (Fsp3) is 0.385. The molecule has 1 atom stereocenters. The van der Waals surface area contributed by atoms with Crippen molar-refractivity contribution in [3.63, 3.8) is 0 Å². The largest absolute Gasteiger partial charge is 0.493 e. The third-order valence-electron chi connectivity index (χ3n) is 2.52. The van der Waals surface area contributed by atoms with E-state index in [1.165, 1.54) is 28.3 Å². The number of carbonyl (C=O) groups excluding carboxylic acids is 1. The minimum Gasteiger partial charge on any atom is -0.493 e. The van der Waals surface area contributed by atoms with Crippen LogP contribution in [0.4, 0.5) is 5.69 Å². The molecule has 1 rings (SSSR count). The molecule has 0 aliphatic rings. The summed E-state index contributed by atoms with van der Waals surface area (Å²) < 4.78 is 15.5. The molecule has 0 bridgehead atoms. The Morgan fingerprint density at radius 2 is 1.74 bits per heavy atom. The fourth-order valence-corrected chi connectivity index (χ4v) is 1.46. The number of ether oxygens (including phenoxy) is 3. The predicted molar refractivity (Wildman–Crippen MR) is 69.5 cm³/mol. The molecule has 0 aliphatic carbocycles. The highest BCUT2D eigenvalue weighted by atomic mass is 16.5. The van der Waals surface area contributed by atoms with E-state index in [1.807, 2.05) is 6.07 Å². The van der Waals surface area contributed by atoms with Gasteiger partial charge in [-0.2, -0.15) is 5.26 Å². The van der Waals surface area contributed by atoms with Crippen molar-refractivity contribution < 1.29 is 19.0 Å². The zero-order valence-corrected chi connectivity index (χ0v) is 11.3. The highest BCUT2D eigenvalue weighted by molar-refractivity contribution is 5.94. The lowest BCUT2D eigenvalue weighted by atomic mass is 10.2. The molecule has 0 aliphatic heterocycles. The summed E-state index contributed by atoms with van der Waals surface area (Å²) in [6.45, 7) is 1.52. The quantitative estimate of drug-likeness (QED) is 0.877. The lowest BCUT2D eigenvalue weighted by Gasteiger charge is -2.14. The minimum absolute atomic E-state index is 0.392. The summed E-state index contributed by atoms with van der Waals surface area (Å²) >= 11 is 0. The molecule has 0 saturated heterocycles. The second-order valence-corrected chi connectivity index (χ2v) is 3.75. The topological polar surface area (TPSA) is 80.6 Å². The molecule has 1 N–H and O–H groups in total. The molecule has 1 aromatic carbocycles. The maximum Gasteiger partial charge on any atom is 0.241 e. The van der Waals surface area contributed by atoms with Gasteiger partial charge in [-0.25, -0.2) is 0 Å². The van der Waals surface area contributed by atoms with E-state index in [9.17, 15) is 4.79 Å². The smallest absolute Gasteiger partial charge is 0.241 e. The van der Waals surface area contributed by atoms with Crippen LogP contribution in [0, 0.1) is 17.2 Å². The highest BCUT2D eigenvalue weighted by Gasteiger charge is 2.16. The van der Waals surface area contributed by atoms with E-state index in [0.717, 1.165) is 0 Å². The number of rotatable bonds is 5. The summed E-state index contributed by atoms with van der Waals surface area (Å²) in [5.41, 5.74) is 0.474. The SMILES string of the molecule is COc1cc(NC(=O)C(C)C#N)cc(OC)c1OC. The Labute approximate surface area is 111 Å². The van der Waals surface area contributed by atoms with Gasteiger partial charge in [-0.3, -0.25) is 4.79 Å². The molecule has 0 spiro atoms. The molecule has 6 heteroatoms. The second-order valence-electron chi connectivity index (χ2n) is 3.75. The average Bonchev–Trinajstić information content (AvgIpc) is 2.44. The second kappa shape index (κ2) is 6.50. The number of nitrogens with one attached hydrogen (secondary N) is 1. The molecular weight excluding hydrogens is 248 g/mol. The number of nitriles is 1. The van der Waals surface area contributed by atoms with Crippen LogP contribution in [-0.4, -0.2) is 27.2 Å². The van der Waals surface area contributed by atoms with Crippen LogP contribution in [0.1, 0.15) is 6.92 Å². The lowest BCUT2D eigenvalue weighted by molar-refractivity contribution is -0.117. The van der Waals surface area contributed by atoms with Gasteiger partial charge in [0.1, 0.15) is 5.92 Å². The third kappa shape index (κ3) is 3.28. The number of hydrogen-bond acceptors (Lipinski definition) is 5. The minimum atomic E-state index is -0.737. The van der Waals surface area contributed by atoms with Crippen LogP contribution in [0.3, 0.4) is 0 Å². The monoisotopic (exact) mass is 264 g/mol. The number of methoxy groups -OCH3 is 3. The number of nitrogens with zero attached hydrogens (tertiary/aromatic N) is 1. The van der Waals surface area contributed by atoms with Crippen LogP contribution in [0.2, 0.25) is 0 Å². The van der Waals surface area contributed by atoms with Crippen molar-refractivity contribution in [3.05, 3.63) is 12.1 Å². The number of hydrogen-bond donors (Lipinski definition) is 1. The van der Waals surface area contributed by atoms with Gasteiger partial charge in [0.25, 0.3) is 0 Å². The molecule has 0 saturated carbocycles. The predicted octanol–water partition coefficient (Wildman–Crippen LogP) is 1.81. The van der Waals surface area contributed by atoms with Crippen LogP contribution < -0.4 is 19.5 Å². The standard InChI is InChI=1S/C13H16N2O4/c1-8(7-14)13(16)15-9-5-10(17-2)12(19-4)11(6-9)18-3/h5-6,8H,1-4H3,(H,15,16). The zero-order valence-electron chi connectivity index (χ0n) is 11.3. The first-order chi connectivity index (χ1) is 9.07. The van der Waals surface area contributed by atoms with Crippen molar-refractivity contribution >= 4 is 11.6 Å². The zero-order chi connectivity index (χ0) is 14.4. The average molecular weight is 264 g/mol. The summed E-state index contributed by atoms with van der Waals surface area (Å²) in [7, 11) is 4.47. The molecule has 6 nitrogen and oxygen atoms in total. The van der Waals surface area contributed by atoms with Gasteiger partial charge in [-0.05, 0) is 6.92 Å². The number of benzene rings is 1. The summed E-state index contributed by atoms with van der Waals surface area (Å²) in [6, 6.07) is 5.07. The Balaban J connectivity index is 3.10. The van der Waals surface area contributed by atoms with E-state index in [0.29, 0.717) is 22.9 Å². The highest BCUT2D eigenvalue weighted by Crippen LogP contribution is 2.39. The van der Waals surface area contributed by atoms with Gasteiger partial charge < -0.3 is 19.5 Å². The van der Waals surface area contributed by atoms with Crippen LogP contribution in [0.15, 0.2) is 12.1 Å². The molecular formula is C13H16N2O4. The normalized spacial score (nSPS) is 11.1. The van der Waals surface area contributed by atoms with Crippen molar-refractivity contribution in [3.8, 4) is 23.3 Å². The molecule has 0 aromatic heterocycles. The van der Waals surface area contributed by atoms with E-state index in [-0.39, 0.29) is 0 Å². The Morgan fingerprint density at radius 1 is 1.21 bits per heavy atom. The van der Waals surface area contributed by atoms with Crippen LogP contribution in [-0.2, 0) is 4.79 Å². The molecule has 0 radical (unpaired) electrons. The molecule has 19 heavy (non-hydrogen) atoms. The molecule has 1 unspecified atom stereocenters. The fourth-order valence-electron chi connectivity index (χ4n) is 1.46. The summed E-state index contributed by atoms with van der Waals surface area (Å²) in [5.74, 6) is 0.177. The van der Waals surface area contributed by atoms with Crippen LogP contribution in [0.5, 0.6) is 17.2 Å². The first-order valence-electron chi connectivity index (χ1n) is 5.57. The maximum atomic E-state index is 11.7. The Bertz CT molecular complexity index is 483. The number of carbonyl (C=O) groups is 1. The molecule has 1 aromatic rings. The Morgan fingerprint density at radius 3 is 2.11 bits per heavy atom. The molecule has 0 heterocycles. The van der Waals surface area contributed by atoms with Gasteiger partial charge in [-0.1, -0.05) is 0 Å². The van der Waals surface area contributed by atoms with Crippen molar-refractivity contribution in [2.24, 2.45) is 5.92 Å². The summed E-state index contributed by atoms with van der Waals surface area (Å²) in [5, 5.41) is 11.3. The van der Waals surface area contributed by atoms with Crippen LogP contribution >= 0.6 is 0 Å². The van der Waals surface area contributed by atoms with Gasteiger partial charge in [-0.15, -0.1) is 0 Å². The van der Waals surface area contributed by atoms with Crippen molar-refractivity contribution in [1.82, 2.24) is 0 Å². The Kier molecular flexibility index (Phi) is 5.01. The van der Waals surface area contributed by atoms with Gasteiger partial charge in [0.2, 0.25) is 11.7 Å². The molecule has 1 amide bonds. The van der Waals surface area contributed by atoms with E-state index < -0.39 is 11.8 Å². The van der Waals surface area contributed by atoms with E-state index in [4.69, 9.17) is 19.5 Å². The molecule has 102 valence electrons. The number of anilines is 1. The Hall–Kier alpha value is -2.42. The lowest BCUT2D eigenvalue weighted by Crippen LogP contribution is -2.19. The van der Waals surface area contributed by atoms with Crippen molar-refractivity contribution in [1.29, 1.82) is 5.26 Å². The van der Waals surface area contributed by atoms with E-state index >= 15 is 0 Å². The van der Waals surface area contributed by atoms with E-state index in [2.05, 4.69) is 5.32 Å². The maximum absolute atomic E-state index is 11.7. The van der Waals surface area contributed by atoms with Gasteiger partial charge in [0.15, 0.2) is 11.5 Å². The first-order valence-corrected chi connectivity index (χ1v) is 5.57. The van der Waals surface area contributed by atoms with Crippen LogP contribution in [0.25, 0.3) is 0 Å². The van der Waals surface area contributed by atoms with Crippen molar-refractivity contribution in [2.45, 2.75) is 6.92 Å². The van der Waals surface area contributed by atoms with Gasteiger partial charge >= 0.3 is 0 Å². The third-order valence-corrected chi connectivity index (χ3v) is 2.52. The first kappa shape index (κ1) is 14.6. The summed E-state index contributed by atoms with van der Waals surface area (Å²) in [6.07, 6.45) is 0. The van der Waals surface area contributed by atoms with Gasteiger partial charge in [0.05, 0.1) is 27.4 Å². The summed E-state index contributed by atoms with van der Waals surface area (Å²) in [4.78, 5) is 11.7. The van der Waals surface area contributed by atoms with Gasteiger partial charge in [0, 0.05) is 17.8 Å². The van der Waals surface area contributed by atoms with E-state index in [1.54, 1.807) is 12.1 Å². The number of amides is 1.